The zero-order valence-electron chi connectivity index (χ0n) is 14.9. The highest BCUT2D eigenvalue weighted by molar-refractivity contribution is 7.99. The Kier molecular flexibility index (Phi) is 4.56. The maximum atomic E-state index is 11.2. The van der Waals surface area contributed by atoms with Gasteiger partial charge in [0.1, 0.15) is 5.03 Å². The third kappa shape index (κ3) is 3.54. The van der Waals surface area contributed by atoms with E-state index in [1.54, 1.807) is 0 Å². The molecule has 1 aromatic carbocycles. The molecule has 0 spiro atoms. The number of carbonyl (C=O) groups is 1. The standard InChI is InChI=1S/C19H22N4OS/c1-12-17(13-8-6-5-7-9-13)18-21-14(19(2,3)4)10-16(23(18)22-12)25-11-15(20)24/h5-10H,11H2,1-4H3,(H2,20,24). The van der Waals surface area contributed by atoms with Gasteiger partial charge >= 0.3 is 0 Å². The van der Waals surface area contributed by atoms with Crippen LogP contribution in [0.2, 0.25) is 0 Å². The summed E-state index contributed by atoms with van der Waals surface area (Å²) in [6.07, 6.45) is 0. The van der Waals surface area contributed by atoms with E-state index in [2.05, 4.69) is 38.0 Å². The number of hydrogen-bond acceptors (Lipinski definition) is 4. The lowest BCUT2D eigenvalue weighted by Crippen LogP contribution is -2.16. The molecule has 3 rings (SSSR count). The fourth-order valence-corrected chi connectivity index (χ4v) is 3.41. The summed E-state index contributed by atoms with van der Waals surface area (Å²) in [5.74, 6) is -0.137. The summed E-state index contributed by atoms with van der Waals surface area (Å²) in [4.78, 5) is 16.1. The van der Waals surface area contributed by atoms with Crippen LogP contribution in [0.1, 0.15) is 32.2 Å². The van der Waals surface area contributed by atoms with Crippen molar-refractivity contribution >= 4 is 23.3 Å². The lowest BCUT2D eigenvalue weighted by atomic mass is 9.92. The minimum Gasteiger partial charge on any atom is -0.369 e. The second-order valence-electron chi connectivity index (χ2n) is 7.05. The van der Waals surface area contributed by atoms with Crippen LogP contribution >= 0.6 is 11.8 Å². The van der Waals surface area contributed by atoms with Crippen molar-refractivity contribution in [3.8, 4) is 11.1 Å². The van der Waals surface area contributed by atoms with E-state index < -0.39 is 0 Å². The highest BCUT2D eigenvalue weighted by Gasteiger charge is 2.22. The Labute approximate surface area is 151 Å². The van der Waals surface area contributed by atoms with Gasteiger partial charge in [-0.1, -0.05) is 62.9 Å². The molecular weight excluding hydrogens is 332 g/mol. The summed E-state index contributed by atoms with van der Waals surface area (Å²) in [5.41, 5.74) is 10.00. The van der Waals surface area contributed by atoms with Gasteiger partial charge in [0.15, 0.2) is 5.65 Å². The van der Waals surface area contributed by atoms with Crippen LogP contribution in [0.3, 0.4) is 0 Å². The molecule has 130 valence electrons. The minimum atomic E-state index is -0.348. The molecule has 0 aliphatic rings. The highest BCUT2D eigenvalue weighted by atomic mass is 32.2. The number of carbonyl (C=O) groups excluding carboxylic acids is 1. The van der Waals surface area contributed by atoms with Crippen molar-refractivity contribution in [2.75, 3.05) is 5.75 Å². The fourth-order valence-electron chi connectivity index (χ4n) is 2.67. The largest absolute Gasteiger partial charge is 0.369 e. The van der Waals surface area contributed by atoms with E-state index in [4.69, 9.17) is 10.7 Å². The number of benzene rings is 1. The molecule has 0 aliphatic carbocycles. The zero-order chi connectivity index (χ0) is 18.2. The number of aromatic nitrogens is 3. The van der Waals surface area contributed by atoms with Crippen LogP contribution in [0.5, 0.6) is 0 Å². The molecule has 25 heavy (non-hydrogen) atoms. The SMILES string of the molecule is Cc1nn2c(SCC(N)=O)cc(C(C)(C)C)nc2c1-c1ccccc1. The monoisotopic (exact) mass is 354 g/mol. The molecule has 5 nitrogen and oxygen atoms in total. The number of hydrogen-bond donors (Lipinski definition) is 1. The van der Waals surface area contributed by atoms with Gasteiger partial charge in [0.05, 0.1) is 17.1 Å². The molecule has 0 saturated heterocycles. The van der Waals surface area contributed by atoms with Crippen molar-refractivity contribution in [2.45, 2.75) is 38.1 Å². The number of thioether (sulfide) groups is 1. The van der Waals surface area contributed by atoms with Crippen LogP contribution in [-0.2, 0) is 10.2 Å². The molecule has 2 N–H and O–H groups in total. The van der Waals surface area contributed by atoms with Gasteiger partial charge in [0.25, 0.3) is 0 Å². The zero-order valence-corrected chi connectivity index (χ0v) is 15.7. The van der Waals surface area contributed by atoms with E-state index in [0.717, 1.165) is 33.2 Å². The van der Waals surface area contributed by atoms with Gasteiger partial charge in [-0.05, 0) is 18.6 Å². The van der Waals surface area contributed by atoms with Crippen LogP contribution in [0.4, 0.5) is 0 Å². The lowest BCUT2D eigenvalue weighted by Gasteiger charge is -2.19. The van der Waals surface area contributed by atoms with Crippen molar-refractivity contribution < 1.29 is 4.79 Å². The lowest BCUT2D eigenvalue weighted by molar-refractivity contribution is -0.115. The molecule has 6 heteroatoms. The van der Waals surface area contributed by atoms with Gasteiger partial charge in [-0.15, -0.1) is 0 Å². The maximum absolute atomic E-state index is 11.2. The van der Waals surface area contributed by atoms with Crippen LogP contribution in [-0.4, -0.2) is 26.3 Å². The number of primary amides is 1. The summed E-state index contributed by atoms with van der Waals surface area (Å²) >= 11 is 1.39. The summed E-state index contributed by atoms with van der Waals surface area (Å²) < 4.78 is 1.82. The Morgan fingerprint density at radius 2 is 1.92 bits per heavy atom. The van der Waals surface area contributed by atoms with E-state index in [0.29, 0.717) is 0 Å². The molecule has 0 aliphatic heterocycles. The number of amides is 1. The molecule has 0 radical (unpaired) electrons. The first-order valence-corrected chi connectivity index (χ1v) is 9.13. The summed E-state index contributed by atoms with van der Waals surface area (Å²) in [6.45, 7) is 8.36. The molecule has 0 bridgehead atoms. The van der Waals surface area contributed by atoms with E-state index in [1.807, 2.05) is 35.7 Å². The predicted octanol–water partition coefficient (Wildman–Crippen LogP) is 3.58. The van der Waals surface area contributed by atoms with E-state index in [9.17, 15) is 4.79 Å². The quantitative estimate of drug-likeness (QED) is 0.574. The van der Waals surface area contributed by atoms with E-state index >= 15 is 0 Å². The van der Waals surface area contributed by atoms with Crippen molar-refractivity contribution in [2.24, 2.45) is 5.73 Å². The molecule has 1 amide bonds. The van der Waals surface area contributed by atoms with Crippen molar-refractivity contribution in [1.82, 2.24) is 14.6 Å². The summed E-state index contributed by atoms with van der Waals surface area (Å²) in [5, 5.41) is 5.55. The van der Waals surface area contributed by atoms with Gasteiger partial charge in [0.2, 0.25) is 5.91 Å². The van der Waals surface area contributed by atoms with E-state index in [-0.39, 0.29) is 17.1 Å². The van der Waals surface area contributed by atoms with Crippen LogP contribution < -0.4 is 5.73 Å². The maximum Gasteiger partial charge on any atom is 0.227 e. The van der Waals surface area contributed by atoms with Crippen molar-refractivity contribution in [3.05, 3.63) is 47.8 Å². The molecule has 0 atom stereocenters. The second-order valence-corrected chi connectivity index (χ2v) is 8.04. The normalized spacial score (nSPS) is 11.8. The Hall–Kier alpha value is -2.34. The number of rotatable bonds is 4. The molecule has 3 aromatic rings. The molecule has 0 fully saturated rings. The summed E-state index contributed by atoms with van der Waals surface area (Å²) in [7, 11) is 0. The van der Waals surface area contributed by atoms with Crippen LogP contribution in [0.25, 0.3) is 16.8 Å². The first-order valence-electron chi connectivity index (χ1n) is 8.15. The average molecular weight is 354 g/mol. The molecule has 0 saturated carbocycles. The van der Waals surface area contributed by atoms with Crippen molar-refractivity contribution in [3.63, 3.8) is 0 Å². The van der Waals surface area contributed by atoms with Crippen LogP contribution in [0, 0.1) is 6.92 Å². The van der Waals surface area contributed by atoms with Gasteiger partial charge < -0.3 is 5.73 Å². The van der Waals surface area contributed by atoms with E-state index in [1.165, 1.54) is 11.8 Å². The Morgan fingerprint density at radius 1 is 1.24 bits per heavy atom. The number of nitrogens with two attached hydrogens (primary N) is 1. The molecule has 0 unspecified atom stereocenters. The smallest absolute Gasteiger partial charge is 0.227 e. The third-order valence-electron chi connectivity index (χ3n) is 3.92. The first-order chi connectivity index (χ1) is 11.8. The van der Waals surface area contributed by atoms with Crippen LogP contribution in [0.15, 0.2) is 41.4 Å². The Morgan fingerprint density at radius 3 is 2.52 bits per heavy atom. The van der Waals surface area contributed by atoms with Crippen molar-refractivity contribution in [1.29, 1.82) is 0 Å². The topological polar surface area (TPSA) is 73.3 Å². The molecular formula is C19H22N4OS. The minimum absolute atomic E-state index is 0.115. The van der Waals surface area contributed by atoms with Gasteiger partial charge in [-0.25, -0.2) is 9.50 Å². The summed E-state index contributed by atoms with van der Waals surface area (Å²) in [6, 6.07) is 12.1. The Balaban J connectivity index is 2.27. The van der Waals surface area contributed by atoms with Gasteiger partial charge in [-0.2, -0.15) is 5.10 Å². The molecule has 2 heterocycles. The number of aryl methyl sites for hydroxylation is 1. The number of fused-ring (bicyclic) bond motifs is 1. The fraction of sp³-hybridized carbons (Fsp3) is 0.316. The second kappa shape index (κ2) is 6.52. The van der Waals surface area contributed by atoms with Gasteiger partial charge in [0, 0.05) is 11.0 Å². The third-order valence-corrected chi connectivity index (χ3v) is 4.94. The molecule has 2 aromatic heterocycles. The first kappa shape index (κ1) is 17.5. The highest BCUT2D eigenvalue weighted by Crippen LogP contribution is 2.33. The average Bonchev–Trinajstić information content (AvgIpc) is 2.88. The van der Waals surface area contributed by atoms with Gasteiger partial charge in [-0.3, -0.25) is 4.79 Å². The number of nitrogens with zero attached hydrogens (tertiary/aromatic N) is 3. The predicted molar refractivity (Wildman–Crippen MR) is 102 cm³/mol. The Bertz CT molecular complexity index is 926.